The maximum atomic E-state index is 11.4. The van der Waals surface area contributed by atoms with Crippen molar-refractivity contribution >= 4 is 5.97 Å². The van der Waals surface area contributed by atoms with Crippen LogP contribution >= 0.6 is 0 Å². The van der Waals surface area contributed by atoms with Gasteiger partial charge in [-0.05, 0) is 12.5 Å². The second kappa shape index (κ2) is 2.95. The monoisotopic (exact) mass is 165 g/mol. The van der Waals surface area contributed by atoms with Crippen LogP contribution in [0.4, 0.5) is 0 Å². The van der Waals surface area contributed by atoms with Crippen LogP contribution in [-0.4, -0.2) is 11.1 Å². The summed E-state index contributed by atoms with van der Waals surface area (Å²) in [5, 5.41) is 20.0. The fraction of sp³-hybridized carbons (Fsp3) is 0.222. The van der Waals surface area contributed by atoms with Gasteiger partial charge in [0.1, 0.15) is 0 Å². The van der Waals surface area contributed by atoms with Gasteiger partial charge < -0.3 is 5.11 Å². The summed E-state index contributed by atoms with van der Waals surface area (Å²) in [5.74, 6) is -1.35. The van der Waals surface area contributed by atoms with Crippen LogP contribution in [0, 0.1) is 0 Å². The molecular weight excluding hydrogens is 156 g/mol. The molecule has 0 saturated heterocycles. The summed E-state index contributed by atoms with van der Waals surface area (Å²) >= 11 is 0. The molecule has 1 atom stereocenters. The molecule has 0 heterocycles. The van der Waals surface area contributed by atoms with Crippen molar-refractivity contribution in [1.29, 1.82) is 0 Å². The number of benzene rings is 1. The molecule has 1 N–H and O–H groups in total. The summed E-state index contributed by atoms with van der Waals surface area (Å²) in [6.07, 6.45) is 0. The van der Waals surface area contributed by atoms with Crippen molar-refractivity contribution in [3.63, 3.8) is 0 Å². The van der Waals surface area contributed by atoms with Crippen molar-refractivity contribution in [1.82, 2.24) is 0 Å². The summed E-state index contributed by atoms with van der Waals surface area (Å²) in [6.45, 7) is 1.14. The molecule has 3 nitrogen and oxygen atoms in total. The predicted molar refractivity (Wildman–Crippen MR) is 42.1 cm³/mol. The minimum atomic E-state index is -2.04. The maximum absolute atomic E-state index is 11.4. The average Bonchev–Trinajstić information content (AvgIpc) is 2.06. The lowest BCUT2D eigenvalue weighted by Crippen LogP contribution is -2.30. The first-order chi connectivity index (χ1) is 5.55. The standard InChI is InChI=1S/C9H9O3/c1-9(12,8(10)11)7-5-3-2-4-6-7/h2-6H,1H3,(H,10,11). The summed E-state index contributed by atoms with van der Waals surface area (Å²) in [7, 11) is 0. The SMILES string of the molecule is CC([O])(C(=O)O)c1ccccc1. The lowest BCUT2D eigenvalue weighted by atomic mass is 9.97. The van der Waals surface area contributed by atoms with Crippen molar-refractivity contribution < 1.29 is 15.0 Å². The van der Waals surface area contributed by atoms with E-state index in [2.05, 4.69) is 0 Å². The van der Waals surface area contributed by atoms with Crippen LogP contribution in [0.5, 0.6) is 0 Å². The van der Waals surface area contributed by atoms with E-state index in [1.165, 1.54) is 12.1 Å². The highest BCUT2D eigenvalue weighted by Crippen LogP contribution is 2.20. The van der Waals surface area contributed by atoms with E-state index < -0.39 is 11.6 Å². The predicted octanol–water partition coefficient (Wildman–Crippen LogP) is 1.42. The molecule has 0 aliphatic carbocycles. The van der Waals surface area contributed by atoms with E-state index in [4.69, 9.17) is 5.11 Å². The molecule has 63 valence electrons. The summed E-state index contributed by atoms with van der Waals surface area (Å²) in [5.41, 5.74) is -1.76. The molecule has 1 rings (SSSR count). The molecule has 0 amide bonds. The molecule has 3 heteroatoms. The topological polar surface area (TPSA) is 57.2 Å². The van der Waals surface area contributed by atoms with Crippen LogP contribution in [0.3, 0.4) is 0 Å². The Bertz CT molecular complexity index is 277. The fourth-order valence-electron chi connectivity index (χ4n) is 0.880. The molecule has 1 unspecified atom stereocenters. The number of hydrogen-bond acceptors (Lipinski definition) is 1. The van der Waals surface area contributed by atoms with Crippen molar-refractivity contribution in [3.05, 3.63) is 35.9 Å². The number of hydrogen-bond donors (Lipinski definition) is 1. The van der Waals surface area contributed by atoms with Crippen LogP contribution in [0.1, 0.15) is 12.5 Å². The van der Waals surface area contributed by atoms with Crippen LogP contribution < -0.4 is 0 Å². The molecule has 0 aliphatic heterocycles. The first-order valence-corrected chi connectivity index (χ1v) is 3.54. The van der Waals surface area contributed by atoms with E-state index in [0.717, 1.165) is 6.92 Å². The Labute approximate surface area is 70.3 Å². The van der Waals surface area contributed by atoms with Gasteiger partial charge in [-0.1, -0.05) is 30.3 Å². The van der Waals surface area contributed by atoms with Crippen LogP contribution in [0.15, 0.2) is 30.3 Å². The van der Waals surface area contributed by atoms with Crippen molar-refractivity contribution in [3.8, 4) is 0 Å². The van der Waals surface area contributed by atoms with Gasteiger partial charge in [0.15, 0.2) is 0 Å². The number of carbonyl (C=O) groups is 1. The van der Waals surface area contributed by atoms with Gasteiger partial charge in [0.05, 0.1) is 0 Å². The molecule has 0 fully saturated rings. The van der Waals surface area contributed by atoms with Gasteiger partial charge in [-0.15, -0.1) is 0 Å². The Hall–Kier alpha value is -1.35. The van der Waals surface area contributed by atoms with Gasteiger partial charge in [-0.2, -0.15) is 0 Å². The van der Waals surface area contributed by atoms with Crippen molar-refractivity contribution in [2.45, 2.75) is 12.5 Å². The minimum Gasteiger partial charge on any atom is -0.479 e. The van der Waals surface area contributed by atoms with Gasteiger partial charge in [-0.25, -0.2) is 9.90 Å². The van der Waals surface area contributed by atoms with Crippen LogP contribution in [-0.2, 0) is 15.5 Å². The van der Waals surface area contributed by atoms with Crippen LogP contribution in [0.25, 0.3) is 0 Å². The molecule has 0 saturated carbocycles. The number of rotatable bonds is 2. The second-order valence-electron chi connectivity index (χ2n) is 2.70. The zero-order valence-electron chi connectivity index (χ0n) is 6.65. The Morgan fingerprint density at radius 1 is 1.33 bits per heavy atom. The van der Waals surface area contributed by atoms with Crippen molar-refractivity contribution in [2.24, 2.45) is 0 Å². The minimum absolute atomic E-state index is 0.275. The Balaban J connectivity index is 3.06. The number of carboxylic acid groups (broad SMARTS) is 1. The Morgan fingerprint density at radius 3 is 2.25 bits per heavy atom. The molecule has 0 spiro atoms. The smallest absolute Gasteiger partial charge is 0.343 e. The van der Waals surface area contributed by atoms with Gasteiger partial charge in [0.2, 0.25) is 5.60 Å². The molecule has 0 aromatic heterocycles. The molecule has 1 radical (unpaired) electrons. The van der Waals surface area contributed by atoms with Gasteiger partial charge in [-0.3, -0.25) is 0 Å². The first kappa shape index (κ1) is 8.74. The van der Waals surface area contributed by atoms with E-state index in [0.29, 0.717) is 0 Å². The van der Waals surface area contributed by atoms with E-state index in [1.807, 2.05) is 0 Å². The zero-order valence-corrected chi connectivity index (χ0v) is 6.65. The third kappa shape index (κ3) is 1.46. The molecule has 0 bridgehead atoms. The van der Waals surface area contributed by atoms with Crippen LogP contribution in [0.2, 0.25) is 0 Å². The number of carboxylic acids is 1. The highest BCUT2D eigenvalue weighted by molar-refractivity contribution is 5.78. The van der Waals surface area contributed by atoms with E-state index in [9.17, 15) is 9.90 Å². The third-order valence-electron chi connectivity index (χ3n) is 1.73. The fourth-order valence-corrected chi connectivity index (χ4v) is 0.880. The van der Waals surface area contributed by atoms with Gasteiger partial charge in [0.25, 0.3) is 0 Å². The molecule has 1 aromatic carbocycles. The Morgan fingerprint density at radius 2 is 1.83 bits per heavy atom. The zero-order chi connectivity index (χ0) is 9.19. The lowest BCUT2D eigenvalue weighted by Gasteiger charge is -2.14. The summed E-state index contributed by atoms with van der Waals surface area (Å²) in [4.78, 5) is 10.5. The summed E-state index contributed by atoms with van der Waals surface area (Å²) < 4.78 is 0. The third-order valence-corrected chi connectivity index (χ3v) is 1.73. The second-order valence-corrected chi connectivity index (χ2v) is 2.70. The molecule has 0 aliphatic rings. The van der Waals surface area contributed by atoms with E-state index in [-0.39, 0.29) is 5.56 Å². The van der Waals surface area contributed by atoms with Gasteiger partial charge in [0, 0.05) is 0 Å². The average molecular weight is 165 g/mol. The number of aliphatic carboxylic acids is 1. The molecule has 1 aromatic rings. The highest BCUT2D eigenvalue weighted by Gasteiger charge is 2.34. The summed E-state index contributed by atoms with van der Waals surface area (Å²) in [6, 6.07) is 8.06. The van der Waals surface area contributed by atoms with E-state index >= 15 is 0 Å². The largest absolute Gasteiger partial charge is 0.479 e. The molecule has 12 heavy (non-hydrogen) atoms. The molecular formula is C9H9O3. The normalized spacial score (nSPS) is 15.2. The maximum Gasteiger partial charge on any atom is 0.343 e. The van der Waals surface area contributed by atoms with Crippen molar-refractivity contribution in [2.75, 3.05) is 0 Å². The first-order valence-electron chi connectivity index (χ1n) is 3.54. The Kier molecular flexibility index (Phi) is 2.15. The quantitative estimate of drug-likeness (QED) is 0.720. The van der Waals surface area contributed by atoms with Gasteiger partial charge >= 0.3 is 5.97 Å². The van der Waals surface area contributed by atoms with E-state index in [1.54, 1.807) is 18.2 Å². The lowest BCUT2D eigenvalue weighted by molar-refractivity contribution is -0.165. The highest BCUT2D eigenvalue weighted by atomic mass is 16.4.